The van der Waals surface area contributed by atoms with Crippen LogP contribution in [0.2, 0.25) is 5.02 Å². The van der Waals surface area contributed by atoms with Gasteiger partial charge in [0.05, 0.1) is 20.5 Å². The molecule has 3 rings (SSSR count). The summed E-state index contributed by atoms with van der Waals surface area (Å²) in [4.78, 5) is 28.0. The molecule has 1 heterocycles. The van der Waals surface area contributed by atoms with Crippen LogP contribution in [0, 0.1) is 12.7 Å². The molecule has 8 heteroatoms. The van der Waals surface area contributed by atoms with Gasteiger partial charge in [0, 0.05) is 12.6 Å². The van der Waals surface area contributed by atoms with Crippen molar-refractivity contribution in [2.45, 2.75) is 51.5 Å². The fourth-order valence-electron chi connectivity index (χ4n) is 3.94. The monoisotopic (exact) mass is 465 g/mol. The second kappa shape index (κ2) is 11.1. The van der Waals surface area contributed by atoms with Gasteiger partial charge in [-0.15, -0.1) is 11.3 Å². The zero-order chi connectivity index (χ0) is 22.4. The summed E-state index contributed by atoms with van der Waals surface area (Å²) in [6, 6.07) is 6.05. The summed E-state index contributed by atoms with van der Waals surface area (Å²) in [7, 11) is 2.17. The summed E-state index contributed by atoms with van der Waals surface area (Å²) >= 11 is 7.17. The lowest BCUT2D eigenvalue weighted by molar-refractivity contribution is 0.0953. The molecule has 31 heavy (non-hydrogen) atoms. The van der Waals surface area contributed by atoms with Crippen molar-refractivity contribution in [3.63, 3.8) is 0 Å². The molecular weight excluding hydrogens is 437 g/mol. The Balaban J connectivity index is 1.49. The summed E-state index contributed by atoms with van der Waals surface area (Å²) in [5.41, 5.74) is 0.976. The van der Waals surface area contributed by atoms with E-state index in [1.165, 1.54) is 55.6 Å². The van der Waals surface area contributed by atoms with Crippen LogP contribution in [0.15, 0.2) is 24.3 Å². The van der Waals surface area contributed by atoms with Crippen molar-refractivity contribution >= 4 is 39.8 Å². The number of carbonyl (C=O) groups is 2. The third kappa shape index (κ3) is 6.51. The van der Waals surface area contributed by atoms with Gasteiger partial charge in [-0.25, -0.2) is 4.39 Å². The highest BCUT2D eigenvalue weighted by molar-refractivity contribution is 7.18. The number of thiophene rings is 1. The molecule has 0 radical (unpaired) electrons. The fourth-order valence-corrected chi connectivity index (χ4v) is 5.17. The van der Waals surface area contributed by atoms with Gasteiger partial charge in [-0.05, 0) is 69.6 Å². The predicted octanol–water partition coefficient (Wildman–Crippen LogP) is 5.49. The Morgan fingerprint density at radius 2 is 1.94 bits per heavy atom. The first-order valence-electron chi connectivity index (χ1n) is 10.7. The number of aryl methyl sites for hydroxylation is 1. The minimum atomic E-state index is -0.502. The average molecular weight is 466 g/mol. The largest absolute Gasteiger partial charge is 0.351 e. The molecule has 1 aliphatic rings. The molecule has 1 aromatic heterocycles. The molecule has 1 aliphatic carbocycles. The van der Waals surface area contributed by atoms with Gasteiger partial charge in [0.1, 0.15) is 5.82 Å². The highest BCUT2D eigenvalue weighted by atomic mass is 35.5. The van der Waals surface area contributed by atoms with Crippen LogP contribution >= 0.6 is 22.9 Å². The molecule has 1 aromatic carbocycles. The number of hydrogen-bond donors (Lipinski definition) is 2. The second-order valence-electron chi connectivity index (χ2n) is 8.08. The number of carbonyl (C=O) groups excluding carboxylic acids is 2. The molecule has 0 spiro atoms. The maximum atomic E-state index is 13.2. The van der Waals surface area contributed by atoms with Crippen molar-refractivity contribution in [1.29, 1.82) is 0 Å². The van der Waals surface area contributed by atoms with Crippen molar-refractivity contribution in [1.82, 2.24) is 10.2 Å². The first kappa shape index (κ1) is 23.7. The normalized spacial score (nSPS) is 14.6. The molecule has 0 saturated heterocycles. The Morgan fingerprint density at radius 1 is 1.19 bits per heavy atom. The Hall–Kier alpha value is -1.96. The maximum Gasteiger partial charge on any atom is 0.261 e. The predicted molar refractivity (Wildman–Crippen MR) is 125 cm³/mol. The van der Waals surface area contributed by atoms with Gasteiger partial charge >= 0.3 is 0 Å². The van der Waals surface area contributed by atoms with E-state index in [9.17, 15) is 14.0 Å². The number of nitrogens with one attached hydrogen (secondary N) is 2. The molecule has 1 saturated carbocycles. The van der Waals surface area contributed by atoms with Crippen LogP contribution in [0.3, 0.4) is 0 Å². The summed E-state index contributed by atoms with van der Waals surface area (Å²) in [5, 5.41) is 6.31. The Labute approximate surface area is 192 Å². The van der Waals surface area contributed by atoms with Crippen molar-refractivity contribution in [2.75, 3.05) is 25.5 Å². The Kier molecular flexibility index (Phi) is 8.46. The van der Waals surface area contributed by atoms with Crippen LogP contribution in [0.4, 0.5) is 9.39 Å². The third-order valence-corrected chi connectivity index (χ3v) is 7.17. The SMILES string of the molecule is Cc1cc(NC(=O)c2ccc(F)cc2Cl)sc1C(=O)NCCCN(C)C1CCCCC1. The van der Waals surface area contributed by atoms with Crippen molar-refractivity contribution in [2.24, 2.45) is 0 Å². The van der Waals surface area contributed by atoms with Crippen molar-refractivity contribution in [3.8, 4) is 0 Å². The van der Waals surface area contributed by atoms with Crippen LogP contribution in [-0.4, -0.2) is 42.9 Å². The van der Waals surface area contributed by atoms with Gasteiger partial charge in [0.15, 0.2) is 0 Å². The topological polar surface area (TPSA) is 61.4 Å². The molecule has 5 nitrogen and oxygen atoms in total. The van der Waals surface area contributed by atoms with E-state index >= 15 is 0 Å². The van der Waals surface area contributed by atoms with Crippen LogP contribution < -0.4 is 10.6 Å². The number of amides is 2. The molecule has 0 atom stereocenters. The van der Waals surface area contributed by atoms with Crippen molar-refractivity contribution in [3.05, 3.63) is 51.1 Å². The van der Waals surface area contributed by atoms with Crippen LogP contribution in [0.5, 0.6) is 0 Å². The lowest BCUT2D eigenvalue weighted by Crippen LogP contribution is -2.35. The van der Waals surface area contributed by atoms with E-state index in [0.29, 0.717) is 22.5 Å². The standard InChI is InChI=1S/C23H29ClFN3O2S/c1-15-13-20(27-22(29)18-10-9-16(25)14-19(18)24)31-21(15)23(30)26-11-6-12-28(2)17-7-4-3-5-8-17/h9-10,13-14,17H,3-8,11-12H2,1-2H3,(H,26,30)(H,27,29). The smallest absolute Gasteiger partial charge is 0.261 e. The number of benzene rings is 1. The Morgan fingerprint density at radius 3 is 2.65 bits per heavy atom. The molecule has 1 fully saturated rings. The molecule has 2 N–H and O–H groups in total. The van der Waals surface area contributed by atoms with E-state index in [0.717, 1.165) is 24.6 Å². The lowest BCUT2D eigenvalue weighted by atomic mass is 9.94. The van der Waals surface area contributed by atoms with E-state index in [1.807, 2.05) is 6.92 Å². The van der Waals surface area contributed by atoms with Gasteiger partial charge < -0.3 is 15.5 Å². The van der Waals surface area contributed by atoms with Crippen LogP contribution in [0.25, 0.3) is 0 Å². The minimum Gasteiger partial charge on any atom is -0.351 e. The number of nitrogens with zero attached hydrogens (tertiary/aromatic N) is 1. The quantitative estimate of drug-likeness (QED) is 0.507. The van der Waals surface area contributed by atoms with E-state index in [-0.39, 0.29) is 16.5 Å². The lowest BCUT2D eigenvalue weighted by Gasteiger charge is -2.31. The number of anilines is 1. The maximum absolute atomic E-state index is 13.2. The van der Waals surface area contributed by atoms with Crippen LogP contribution in [-0.2, 0) is 0 Å². The summed E-state index contributed by atoms with van der Waals surface area (Å²) in [6.07, 6.45) is 7.42. The van der Waals surface area contributed by atoms with E-state index in [1.54, 1.807) is 6.07 Å². The third-order valence-electron chi connectivity index (χ3n) is 5.71. The molecule has 2 amide bonds. The summed E-state index contributed by atoms with van der Waals surface area (Å²) < 4.78 is 13.2. The summed E-state index contributed by atoms with van der Waals surface area (Å²) in [6.45, 7) is 3.41. The van der Waals surface area contributed by atoms with Gasteiger partial charge in [0.2, 0.25) is 0 Å². The molecule has 2 aromatic rings. The highest BCUT2D eigenvalue weighted by Gasteiger charge is 2.19. The van der Waals surface area contributed by atoms with Gasteiger partial charge in [-0.2, -0.15) is 0 Å². The van der Waals surface area contributed by atoms with E-state index < -0.39 is 11.7 Å². The van der Waals surface area contributed by atoms with Gasteiger partial charge in [-0.1, -0.05) is 30.9 Å². The molecule has 0 aliphatic heterocycles. The van der Waals surface area contributed by atoms with Crippen molar-refractivity contribution < 1.29 is 14.0 Å². The molecular formula is C23H29ClFN3O2S. The second-order valence-corrected chi connectivity index (χ2v) is 9.54. The first-order chi connectivity index (χ1) is 14.8. The first-order valence-corrected chi connectivity index (χ1v) is 11.9. The Bertz CT molecular complexity index is 928. The number of halogens is 2. The van der Waals surface area contributed by atoms with Gasteiger partial charge in [-0.3, -0.25) is 9.59 Å². The van der Waals surface area contributed by atoms with E-state index in [2.05, 4.69) is 22.6 Å². The zero-order valence-electron chi connectivity index (χ0n) is 18.0. The molecule has 0 unspecified atom stereocenters. The zero-order valence-corrected chi connectivity index (χ0v) is 19.5. The number of rotatable bonds is 8. The fraction of sp³-hybridized carbons (Fsp3) is 0.478. The average Bonchev–Trinajstić information content (AvgIpc) is 3.11. The van der Waals surface area contributed by atoms with Crippen LogP contribution in [0.1, 0.15) is 64.1 Å². The highest BCUT2D eigenvalue weighted by Crippen LogP contribution is 2.28. The number of hydrogen-bond acceptors (Lipinski definition) is 4. The van der Waals surface area contributed by atoms with E-state index in [4.69, 9.17) is 11.6 Å². The van der Waals surface area contributed by atoms with Gasteiger partial charge in [0.25, 0.3) is 11.8 Å². The minimum absolute atomic E-state index is 0.0435. The summed E-state index contributed by atoms with van der Waals surface area (Å²) in [5.74, 6) is -1.08. The molecule has 168 valence electrons. The molecule has 0 bridgehead atoms.